The highest BCUT2D eigenvalue weighted by Crippen LogP contribution is 2.38. The Morgan fingerprint density at radius 3 is 2.89 bits per heavy atom. The Hall–Kier alpha value is -0.610. The Labute approximate surface area is 121 Å². The summed E-state index contributed by atoms with van der Waals surface area (Å²) >= 11 is 1.92. The summed E-state index contributed by atoms with van der Waals surface area (Å²) in [6.07, 6.45) is 7.42. The predicted molar refractivity (Wildman–Crippen MR) is 81.3 cm³/mol. The second-order valence-electron chi connectivity index (χ2n) is 5.69. The van der Waals surface area contributed by atoms with E-state index in [1.807, 2.05) is 24.0 Å². The Morgan fingerprint density at radius 2 is 2.26 bits per heavy atom. The quantitative estimate of drug-likeness (QED) is 0.839. The smallest absolute Gasteiger partial charge is 0.116 e. The number of aromatic nitrogens is 2. The van der Waals surface area contributed by atoms with Crippen molar-refractivity contribution in [3.05, 3.63) is 18.6 Å². The summed E-state index contributed by atoms with van der Waals surface area (Å²) in [6.45, 7) is 7.95. The van der Waals surface area contributed by atoms with Crippen LogP contribution in [0.2, 0.25) is 0 Å². The molecule has 19 heavy (non-hydrogen) atoms. The maximum atomic E-state index is 4.36. The number of rotatable bonds is 5. The van der Waals surface area contributed by atoms with Gasteiger partial charge in [0.05, 0.1) is 5.03 Å². The molecule has 0 amide bonds. The van der Waals surface area contributed by atoms with Crippen LogP contribution in [0.5, 0.6) is 0 Å². The first-order chi connectivity index (χ1) is 9.20. The van der Waals surface area contributed by atoms with Gasteiger partial charge in [-0.3, -0.25) is 0 Å². The maximum Gasteiger partial charge on any atom is 0.116 e. The van der Waals surface area contributed by atoms with Crippen LogP contribution in [0.25, 0.3) is 0 Å². The van der Waals surface area contributed by atoms with E-state index in [1.54, 1.807) is 6.33 Å². The first kappa shape index (κ1) is 14.8. The fourth-order valence-corrected chi connectivity index (χ4v) is 4.19. The second kappa shape index (κ2) is 7.25. The molecule has 4 heteroatoms. The molecule has 1 aliphatic carbocycles. The molecule has 1 heterocycles. The Balaban J connectivity index is 2.03. The highest BCUT2D eigenvalue weighted by Gasteiger charge is 2.32. The number of hydrogen-bond donors (Lipinski definition) is 1. The molecule has 3 nitrogen and oxygen atoms in total. The molecule has 0 bridgehead atoms. The van der Waals surface area contributed by atoms with Gasteiger partial charge in [0.1, 0.15) is 6.33 Å². The molecule has 0 spiro atoms. The average Bonchev–Trinajstić information content (AvgIpc) is 2.42. The van der Waals surface area contributed by atoms with Gasteiger partial charge >= 0.3 is 0 Å². The van der Waals surface area contributed by atoms with E-state index in [0.717, 1.165) is 23.4 Å². The molecular weight excluding hydrogens is 254 g/mol. The van der Waals surface area contributed by atoms with Crippen molar-refractivity contribution in [3.8, 4) is 0 Å². The minimum absolute atomic E-state index is 0.625. The van der Waals surface area contributed by atoms with Gasteiger partial charge in [-0.1, -0.05) is 20.8 Å². The molecule has 0 aromatic carbocycles. The molecule has 3 unspecified atom stereocenters. The molecule has 1 aromatic rings. The standard InChI is InChI=1S/C15H25N3S/c1-4-17-13-6-5-12(11(2)3)9-14(13)19-15-7-8-16-10-18-15/h7-8,10-14,17H,4-6,9H2,1-3H3. The predicted octanol–water partition coefficient (Wildman–Crippen LogP) is 3.37. The van der Waals surface area contributed by atoms with Gasteiger partial charge in [-0.05, 0) is 43.7 Å². The number of nitrogens with zero attached hydrogens (tertiary/aromatic N) is 2. The van der Waals surface area contributed by atoms with Crippen LogP contribution in [0.1, 0.15) is 40.0 Å². The Kier molecular flexibility index (Phi) is 5.64. The van der Waals surface area contributed by atoms with Crippen molar-refractivity contribution in [2.45, 2.75) is 56.4 Å². The van der Waals surface area contributed by atoms with E-state index in [9.17, 15) is 0 Å². The maximum absolute atomic E-state index is 4.36. The summed E-state index contributed by atoms with van der Waals surface area (Å²) in [5.74, 6) is 1.64. The zero-order chi connectivity index (χ0) is 13.7. The molecule has 106 valence electrons. The van der Waals surface area contributed by atoms with Gasteiger partial charge in [-0.2, -0.15) is 0 Å². The highest BCUT2D eigenvalue weighted by atomic mass is 32.2. The highest BCUT2D eigenvalue weighted by molar-refractivity contribution is 7.99. The third-order valence-corrected chi connectivity index (χ3v) is 5.38. The lowest BCUT2D eigenvalue weighted by atomic mass is 9.79. The van der Waals surface area contributed by atoms with Crippen LogP contribution in [0, 0.1) is 11.8 Å². The van der Waals surface area contributed by atoms with Crippen LogP contribution in [-0.2, 0) is 0 Å². The van der Waals surface area contributed by atoms with Crippen LogP contribution < -0.4 is 5.32 Å². The molecule has 3 atom stereocenters. The van der Waals surface area contributed by atoms with Gasteiger partial charge in [0, 0.05) is 17.5 Å². The van der Waals surface area contributed by atoms with Crippen molar-refractivity contribution in [1.82, 2.24) is 15.3 Å². The molecule has 1 fully saturated rings. The molecule has 0 aliphatic heterocycles. The number of thioether (sulfide) groups is 1. The van der Waals surface area contributed by atoms with Gasteiger partial charge in [0.25, 0.3) is 0 Å². The third kappa shape index (κ3) is 4.18. The SMILES string of the molecule is CCNC1CCC(C(C)C)CC1Sc1ccncn1. The Morgan fingerprint density at radius 1 is 1.42 bits per heavy atom. The van der Waals surface area contributed by atoms with Crippen molar-refractivity contribution >= 4 is 11.8 Å². The lowest BCUT2D eigenvalue weighted by Gasteiger charge is -2.37. The van der Waals surface area contributed by atoms with Gasteiger partial charge in [0.15, 0.2) is 0 Å². The van der Waals surface area contributed by atoms with Crippen LogP contribution in [-0.4, -0.2) is 27.8 Å². The lowest BCUT2D eigenvalue weighted by Crippen LogP contribution is -2.43. The fraction of sp³-hybridized carbons (Fsp3) is 0.733. The lowest BCUT2D eigenvalue weighted by molar-refractivity contribution is 0.247. The fourth-order valence-electron chi connectivity index (χ4n) is 2.89. The molecule has 1 aromatic heterocycles. The molecule has 1 saturated carbocycles. The van der Waals surface area contributed by atoms with Crippen LogP contribution in [0.4, 0.5) is 0 Å². The first-order valence-electron chi connectivity index (χ1n) is 7.36. The zero-order valence-corrected chi connectivity index (χ0v) is 13.0. The monoisotopic (exact) mass is 279 g/mol. The van der Waals surface area contributed by atoms with Crippen molar-refractivity contribution in [2.75, 3.05) is 6.54 Å². The minimum atomic E-state index is 0.625. The van der Waals surface area contributed by atoms with Gasteiger partial charge in [-0.15, -0.1) is 11.8 Å². The summed E-state index contributed by atoms with van der Waals surface area (Å²) in [5, 5.41) is 5.39. The molecule has 0 saturated heterocycles. The zero-order valence-electron chi connectivity index (χ0n) is 12.2. The van der Waals surface area contributed by atoms with E-state index in [4.69, 9.17) is 0 Å². The van der Waals surface area contributed by atoms with Crippen LogP contribution in [0.15, 0.2) is 23.6 Å². The van der Waals surface area contributed by atoms with Crippen LogP contribution >= 0.6 is 11.8 Å². The summed E-state index contributed by atoms with van der Waals surface area (Å²) in [7, 11) is 0. The molecule has 2 rings (SSSR count). The van der Waals surface area contributed by atoms with Gasteiger partial charge in [0.2, 0.25) is 0 Å². The first-order valence-corrected chi connectivity index (χ1v) is 8.24. The summed E-state index contributed by atoms with van der Waals surface area (Å²) in [5.41, 5.74) is 0. The largest absolute Gasteiger partial charge is 0.313 e. The average molecular weight is 279 g/mol. The van der Waals surface area contributed by atoms with Crippen LogP contribution in [0.3, 0.4) is 0 Å². The van der Waals surface area contributed by atoms with Crippen molar-refractivity contribution in [1.29, 1.82) is 0 Å². The van der Waals surface area contributed by atoms with E-state index in [2.05, 4.69) is 36.1 Å². The summed E-state index contributed by atoms with van der Waals surface area (Å²) in [4.78, 5) is 8.36. The van der Waals surface area contributed by atoms with E-state index in [0.29, 0.717) is 11.3 Å². The van der Waals surface area contributed by atoms with Crippen molar-refractivity contribution < 1.29 is 0 Å². The number of hydrogen-bond acceptors (Lipinski definition) is 4. The molecule has 1 N–H and O–H groups in total. The normalized spacial score (nSPS) is 27.7. The molecule has 1 aliphatic rings. The third-order valence-electron chi connectivity index (χ3n) is 4.07. The van der Waals surface area contributed by atoms with E-state index < -0.39 is 0 Å². The minimum Gasteiger partial charge on any atom is -0.313 e. The Bertz CT molecular complexity index is 369. The van der Waals surface area contributed by atoms with Gasteiger partial charge < -0.3 is 5.32 Å². The van der Waals surface area contributed by atoms with Gasteiger partial charge in [-0.25, -0.2) is 9.97 Å². The van der Waals surface area contributed by atoms with Crippen molar-refractivity contribution in [2.24, 2.45) is 11.8 Å². The molecule has 0 radical (unpaired) electrons. The summed E-state index contributed by atoms with van der Waals surface area (Å²) in [6, 6.07) is 2.65. The van der Waals surface area contributed by atoms with E-state index in [-0.39, 0.29) is 0 Å². The number of nitrogens with one attached hydrogen (secondary N) is 1. The molecular formula is C15H25N3S. The topological polar surface area (TPSA) is 37.8 Å². The second-order valence-corrected chi connectivity index (χ2v) is 6.94. The van der Waals surface area contributed by atoms with E-state index >= 15 is 0 Å². The van der Waals surface area contributed by atoms with Crippen molar-refractivity contribution in [3.63, 3.8) is 0 Å². The van der Waals surface area contributed by atoms with E-state index in [1.165, 1.54) is 19.3 Å². The summed E-state index contributed by atoms with van der Waals surface area (Å²) < 4.78 is 0.